The van der Waals surface area contributed by atoms with Crippen molar-refractivity contribution >= 4 is 17.2 Å². The van der Waals surface area contributed by atoms with Gasteiger partial charge in [0, 0.05) is 25.2 Å². The molecule has 2 heterocycles. The number of rotatable bonds is 6. The molecule has 3 atom stereocenters. The molecule has 1 saturated heterocycles. The lowest BCUT2D eigenvalue weighted by Crippen LogP contribution is -2.62. The molecule has 0 radical (unpaired) electrons. The van der Waals surface area contributed by atoms with Crippen molar-refractivity contribution in [3.8, 4) is 0 Å². The minimum absolute atomic E-state index is 0.0272. The molecule has 0 bridgehead atoms. The number of carbonyl (C=O) groups is 1. The first-order valence-corrected chi connectivity index (χ1v) is 9.57. The average molecular weight is 375 g/mol. The number of thiazole rings is 1. The number of aromatic nitrogens is 1. The molecule has 3 unspecified atom stereocenters. The van der Waals surface area contributed by atoms with Crippen LogP contribution in [0.4, 0.5) is 0 Å². The predicted octanol–water partition coefficient (Wildman–Crippen LogP) is 1.97. The summed E-state index contributed by atoms with van der Waals surface area (Å²) >= 11 is 1.61. The molecule has 3 rings (SSSR count). The van der Waals surface area contributed by atoms with Crippen LogP contribution in [0.25, 0.3) is 0 Å². The van der Waals surface area contributed by atoms with E-state index in [-0.39, 0.29) is 18.6 Å². The molecule has 2 N–H and O–H groups in total. The number of benzene rings is 1. The Labute approximate surface area is 157 Å². The van der Waals surface area contributed by atoms with Crippen molar-refractivity contribution in [2.75, 3.05) is 20.3 Å². The summed E-state index contributed by atoms with van der Waals surface area (Å²) in [6.45, 7) is 3.18. The molecule has 0 spiro atoms. The third-order valence-corrected chi connectivity index (χ3v) is 5.60. The highest BCUT2D eigenvalue weighted by atomic mass is 32.1. The SMILES string of the molecule is COCC(=O)NC1C(c2ccccc2)N(Cc2nccs2)CCC1(C)O. The Hall–Kier alpha value is -1.80. The van der Waals surface area contributed by atoms with E-state index < -0.39 is 11.6 Å². The maximum absolute atomic E-state index is 12.2. The van der Waals surface area contributed by atoms with Gasteiger partial charge >= 0.3 is 0 Å². The smallest absolute Gasteiger partial charge is 0.246 e. The summed E-state index contributed by atoms with van der Waals surface area (Å²) in [5.74, 6) is -0.227. The number of nitrogens with one attached hydrogen (secondary N) is 1. The molecule has 1 amide bonds. The second-order valence-electron chi connectivity index (χ2n) is 6.84. The number of ether oxygens (including phenoxy) is 1. The Kier molecular flexibility index (Phi) is 6.03. The number of aliphatic hydroxyl groups is 1. The fraction of sp³-hybridized carbons (Fsp3) is 0.474. The van der Waals surface area contributed by atoms with Crippen molar-refractivity contribution in [3.63, 3.8) is 0 Å². The summed E-state index contributed by atoms with van der Waals surface area (Å²) < 4.78 is 4.95. The van der Waals surface area contributed by atoms with Gasteiger partial charge in [0.2, 0.25) is 5.91 Å². The Morgan fingerprint density at radius 2 is 2.23 bits per heavy atom. The Bertz CT molecular complexity index is 706. The molecule has 140 valence electrons. The Morgan fingerprint density at radius 1 is 1.46 bits per heavy atom. The molecule has 0 aliphatic carbocycles. The number of likely N-dealkylation sites (tertiary alicyclic amines) is 1. The highest BCUT2D eigenvalue weighted by Gasteiger charge is 2.46. The van der Waals surface area contributed by atoms with Gasteiger partial charge in [0.25, 0.3) is 0 Å². The van der Waals surface area contributed by atoms with Crippen LogP contribution in [-0.4, -0.2) is 52.8 Å². The molecule has 0 saturated carbocycles. The Balaban J connectivity index is 1.93. The summed E-state index contributed by atoms with van der Waals surface area (Å²) in [5, 5.41) is 17.0. The van der Waals surface area contributed by atoms with Gasteiger partial charge in [-0.05, 0) is 18.9 Å². The zero-order valence-electron chi connectivity index (χ0n) is 15.1. The first-order chi connectivity index (χ1) is 12.5. The fourth-order valence-corrected chi connectivity index (χ4v) is 4.17. The average Bonchev–Trinajstić information content (AvgIpc) is 3.12. The van der Waals surface area contributed by atoms with Gasteiger partial charge < -0.3 is 15.2 Å². The number of carbonyl (C=O) groups excluding carboxylic acids is 1. The summed E-state index contributed by atoms with van der Waals surface area (Å²) in [4.78, 5) is 18.9. The van der Waals surface area contributed by atoms with Gasteiger partial charge in [-0.2, -0.15) is 0 Å². The van der Waals surface area contributed by atoms with Crippen molar-refractivity contribution in [3.05, 3.63) is 52.5 Å². The van der Waals surface area contributed by atoms with Gasteiger partial charge in [-0.1, -0.05) is 30.3 Å². The first kappa shape index (κ1) is 19.0. The van der Waals surface area contributed by atoms with E-state index in [1.54, 1.807) is 24.5 Å². The van der Waals surface area contributed by atoms with Crippen LogP contribution < -0.4 is 5.32 Å². The normalized spacial score (nSPS) is 26.6. The molecule has 26 heavy (non-hydrogen) atoms. The third-order valence-electron chi connectivity index (χ3n) is 4.84. The van der Waals surface area contributed by atoms with E-state index in [4.69, 9.17) is 4.74 Å². The van der Waals surface area contributed by atoms with E-state index >= 15 is 0 Å². The van der Waals surface area contributed by atoms with E-state index in [0.29, 0.717) is 13.0 Å². The van der Waals surface area contributed by atoms with Gasteiger partial charge in [0.15, 0.2) is 0 Å². The van der Waals surface area contributed by atoms with Crippen LogP contribution in [0.2, 0.25) is 0 Å². The van der Waals surface area contributed by atoms with E-state index in [9.17, 15) is 9.90 Å². The maximum Gasteiger partial charge on any atom is 0.246 e. The highest BCUT2D eigenvalue weighted by Crippen LogP contribution is 2.38. The van der Waals surface area contributed by atoms with Crippen molar-refractivity contribution in [2.24, 2.45) is 0 Å². The van der Waals surface area contributed by atoms with Crippen molar-refractivity contribution in [2.45, 2.75) is 37.6 Å². The number of methoxy groups -OCH3 is 1. The molecule has 1 aliphatic rings. The summed E-state index contributed by atoms with van der Waals surface area (Å²) in [6, 6.07) is 9.41. The van der Waals surface area contributed by atoms with Crippen molar-refractivity contribution in [1.29, 1.82) is 0 Å². The third kappa shape index (κ3) is 4.29. The monoisotopic (exact) mass is 375 g/mol. The number of amides is 1. The lowest BCUT2D eigenvalue weighted by molar-refractivity contribution is -0.132. The molecule has 1 aromatic heterocycles. The van der Waals surface area contributed by atoms with E-state index in [1.165, 1.54) is 7.11 Å². The maximum atomic E-state index is 12.2. The predicted molar refractivity (Wildman–Crippen MR) is 101 cm³/mol. The first-order valence-electron chi connectivity index (χ1n) is 8.69. The van der Waals surface area contributed by atoms with E-state index in [1.807, 2.05) is 35.7 Å². The largest absolute Gasteiger partial charge is 0.388 e. The molecule has 2 aromatic rings. The van der Waals surface area contributed by atoms with Gasteiger partial charge in [-0.15, -0.1) is 11.3 Å². The second kappa shape index (κ2) is 8.26. The molecule has 7 heteroatoms. The van der Waals surface area contributed by atoms with Crippen LogP contribution in [0, 0.1) is 0 Å². The number of piperidine rings is 1. The minimum Gasteiger partial charge on any atom is -0.388 e. The lowest BCUT2D eigenvalue weighted by Gasteiger charge is -2.49. The number of nitrogens with zero attached hydrogens (tertiary/aromatic N) is 2. The quantitative estimate of drug-likeness (QED) is 0.807. The van der Waals surface area contributed by atoms with Crippen LogP contribution in [0.1, 0.15) is 30.0 Å². The molecule has 1 fully saturated rings. The van der Waals surface area contributed by atoms with Gasteiger partial charge in [0.1, 0.15) is 11.6 Å². The molecular weight excluding hydrogens is 350 g/mol. The zero-order valence-corrected chi connectivity index (χ0v) is 15.9. The molecule has 1 aromatic carbocycles. The van der Waals surface area contributed by atoms with Crippen LogP contribution in [0.15, 0.2) is 41.9 Å². The van der Waals surface area contributed by atoms with Gasteiger partial charge in [0.05, 0.1) is 24.2 Å². The lowest BCUT2D eigenvalue weighted by atomic mass is 9.79. The van der Waals surface area contributed by atoms with Crippen LogP contribution in [0.3, 0.4) is 0 Å². The topological polar surface area (TPSA) is 74.7 Å². The van der Waals surface area contributed by atoms with Gasteiger partial charge in [-0.3, -0.25) is 9.69 Å². The minimum atomic E-state index is -1.01. The molecule has 1 aliphatic heterocycles. The Morgan fingerprint density at radius 3 is 2.88 bits per heavy atom. The summed E-state index contributed by atoms with van der Waals surface area (Å²) in [7, 11) is 1.49. The van der Waals surface area contributed by atoms with E-state index in [0.717, 1.165) is 17.1 Å². The number of hydrogen-bond acceptors (Lipinski definition) is 6. The zero-order chi connectivity index (χ0) is 18.6. The van der Waals surface area contributed by atoms with Gasteiger partial charge in [-0.25, -0.2) is 4.98 Å². The fourth-order valence-electron chi connectivity index (χ4n) is 3.53. The van der Waals surface area contributed by atoms with E-state index in [2.05, 4.69) is 15.2 Å². The van der Waals surface area contributed by atoms with Crippen LogP contribution in [0.5, 0.6) is 0 Å². The van der Waals surface area contributed by atoms with Crippen molar-refractivity contribution < 1.29 is 14.6 Å². The number of hydrogen-bond donors (Lipinski definition) is 2. The summed E-state index contributed by atoms with van der Waals surface area (Å²) in [6.07, 6.45) is 2.37. The molecule has 6 nitrogen and oxygen atoms in total. The molecular formula is C19H25N3O3S. The highest BCUT2D eigenvalue weighted by molar-refractivity contribution is 7.09. The standard InChI is InChI=1S/C19H25N3O3S/c1-19(24)8-10-22(12-16-20-9-11-26-16)17(14-6-4-3-5-7-14)18(19)21-15(23)13-25-2/h3-7,9,11,17-18,24H,8,10,12-13H2,1-2H3,(H,21,23). The van der Waals surface area contributed by atoms with Crippen molar-refractivity contribution in [1.82, 2.24) is 15.2 Å². The van der Waals surface area contributed by atoms with Crippen LogP contribution in [-0.2, 0) is 16.1 Å². The van der Waals surface area contributed by atoms with Crippen LogP contribution >= 0.6 is 11.3 Å². The summed E-state index contributed by atoms with van der Waals surface area (Å²) in [5.41, 5.74) is 0.0512. The second-order valence-corrected chi connectivity index (χ2v) is 7.82.